The zero-order chi connectivity index (χ0) is 22.2. The molecule has 0 aliphatic carbocycles. The van der Waals surface area contributed by atoms with Gasteiger partial charge in [-0.05, 0) is 34.7 Å². The van der Waals surface area contributed by atoms with Crippen molar-refractivity contribution in [1.29, 1.82) is 0 Å². The van der Waals surface area contributed by atoms with Gasteiger partial charge in [0.1, 0.15) is 11.5 Å². The van der Waals surface area contributed by atoms with E-state index in [1.54, 1.807) is 36.4 Å². The monoisotopic (exact) mass is 429 g/mol. The van der Waals surface area contributed by atoms with E-state index in [1.165, 1.54) is 12.1 Å². The van der Waals surface area contributed by atoms with E-state index < -0.39 is 0 Å². The van der Waals surface area contributed by atoms with Crippen molar-refractivity contribution in [2.45, 2.75) is 0 Å². The maximum absolute atomic E-state index is 11.2. The number of pyridine rings is 2. The van der Waals surface area contributed by atoms with Crippen molar-refractivity contribution < 1.29 is 20.4 Å². The summed E-state index contributed by atoms with van der Waals surface area (Å²) >= 11 is 0. The number of nitrogens with zero attached hydrogens (tertiary/aromatic N) is 2. The molecule has 2 heterocycles. The summed E-state index contributed by atoms with van der Waals surface area (Å²) in [6.45, 7) is 0. The standard InChI is InChI=1S/2C13H9NO2.Be/c2*15-10-3-1-2-8-4-5-9-6-7-11(16)14-13(9)12(8)10;/h2*1-7,15H,(H,14,16);/q;;+2/p-2. The van der Waals surface area contributed by atoms with Crippen molar-refractivity contribution in [2.24, 2.45) is 0 Å². The van der Waals surface area contributed by atoms with E-state index in [9.17, 15) is 20.4 Å². The van der Waals surface area contributed by atoms with Gasteiger partial charge in [0, 0.05) is 21.5 Å². The Kier molecular flexibility index (Phi) is 5.69. The number of hydrogen-bond acceptors (Lipinski definition) is 6. The molecule has 2 aromatic heterocycles. The van der Waals surface area contributed by atoms with Gasteiger partial charge in [-0.2, -0.15) is 0 Å². The van der Waals surface area contributed by atoms with Gasteiger partial charge in [-0.3, -0.25) is 9.97 Å². The van der Waals surface area contributed by atoms with E-state index >= 15 is 0 Å². The van der Waals surface area contributed by atoms with Crippen LogP contribution in [0.4, 0.5) is 0 Å². The fraction of sp³-hybridized carbons (Fsp3) is 0. The van der Waals surface area contributed by atoms with Crippen LogP contribution in [0.1, 0.15) is 0 Å². The molecule has 0 radical (unpaired) electrons. The van der Waals surface area contributed by atoms with Crippen molar-refractivity contribution in [3.63, 3.8) is 0 Å². The molecular formula is C26H16BeN2O4. The Morgan fingerprint density at radius 1 is 0.485 bits per heavy atom. The van der Waals surface area contributed by atoms with Crippen molar-refractivity contribution in [3.8, 4) is 23.3 Å². The van der Waals surface area contributed by atoms with Gasteiger partial charge < -0.3 is 20.4 Å². The Morgan fingerprint density at radius 3 is 1.27 bits per heavy atom. The number of hydrogen-bond donors (Lipinski definition) is 2. The minimum atomic E-state index is -0.289. The molecule has 0 amide bonds. The van der Waals surface area contributed by atoms with Crippen molar-refractivity contribution in [2.75, 3.05) is 0 Å². The van der Waals surface area contributed by atoms with Crippen molar-refractivity contribution in [1.82, 2.24) is 9.97 Å². The van der Waals surface area contributed by atoms with Crippen molar-refractivity contribution >= 4 is 53.5 Å². The molecule has 0 aliphatic heterocycles. The molecule has 0 spiro atoms. The van der Waals surface area contributed by atoms with Gasteiger partial charge >= 0.3 is 10.1 Å². The average Bonchev–Trinajstić information content (AvgIpc) is 2.79. The summed E-state index contributed by atoms with van der Waals surface area (Å²) in [5.74, 6) is -0.270. The second-order valence-electron chi connectivity index (χ2n) is 7.32. The number of aromatic nitrogens is 2. The van der Waals surface area contributed by atoms with Crippen LogP contribution < -0.4 is 10.2 Å². The van der Waals surface area contributed by atoms with Gasteiger partial charge in [-0.1, -0.05) is 72.8 Å². The summed E-state index contributed by atoms with van der Waals surface area (Å²) in [5, 5.41) is 46.9. The third-order valence-electron chi connectivity index (χ3n) is 5.31. The van der Waals surface area contributed by atoms with E-state index in [-0.39, 0.29) is 33.4 Å². The SMILES string of the molecule is [Be+2].[O-]c1ccc2ccc3cccc(O)c3c2n1.[O-]c1ccc2ccc3cccc(O)c3c2n1. The van der Waals surface area contributed by atoms with Crippen LogP contribution in [0.15, 0.2) is 84.9 Å². The van der Waals surface area contributed by atoms with E-state index in [0.717, 1.165) is 21.5 Å². The first kappa shape index (κ1) is 21.8. The maximum atomic E-state index is 11.2. The molecule has 0 saturated carbocycles. The molecule has 6 aromatic rings. The minimum absolute atomic E-state index is 0. The molecule has 2 N–H and O–H groups in total. The summed E-state index contributed by atoms with van der Waals surface area (Å²) in [6, 6.07) is 24.4. The van der Waals surface area contributed by atoms with Gasteiger partial charge in [0.2, 0.25) is 0 Å². The second-order valence-corrected chi connectivity index (χ2v) is 7.32. The van der Waals surface area contributed by atoms with Gasteiger partial charge in [0.15, 0.2) is 0 Å². The Labute approximate surface area is 192 Å². The summed E-state index contributed by atoms with van der Waals surface area (Å²) in [6.07, 6.45) is 0. The molecule has 0 unspecified atom stereocenters. The van der Waals surface area contributed by atoms with Gasteiger partial charge in [-0.25, -0.2) is 0 Å². The Bertz CT molecular complexity index is 1510. The number of phenols is 2. The van der Waals surface area contributed by atoms with Crippen LogP contribution in [0.3, 0.4) is 0 Å². The van der Waals surface area contributed by atoms with Crippen LogP contribution >= 0.6 is 0 Å². The van der Waals surface area contributed by atoms with Gasteiger partial charge in [0.25, 0.3) is 0 Å². The second kappa shape index (κ2) is 8.61. The molecule has 0 fully saturated rings. The van der Waals surface area contributed by atoms with Crippen LogP contribution in [0, 0.1) is 0 Å². The minimum Gasteiger partial charge on any atom is -0.859 e. The molecule has 33 heavy (non-hydrogen) atoms. The number of fused-ring (bicyclic) bond motifs is 6. The molecule has 6 rings (SSSR count). The van der Waals surface area contributed by atoms with Crippen LogP contribution in [0.2, 0.25) is 0 Å². The fourth-order valence-corrected chi connectivity index (χ4v) is 3.84. The molecule has 7 heteroatoms. The largest absolute Gasteiger partial charge is 2.00 e. The van der Waals surface area contributed by atoms with E-state index in [1.807, 2.05) is 36.4 Å². The van der Waals surface area contributed by atoms with E-state index in [0.29, 0.717) is 21.8 Å². The smallest absolute Gasteiger partial charge is 0.859 e. The van der Waals surface area contributed by atoms with Gasteiger partial charge in [0.05, 0.1) is 11.0 Å². The molecule has 0 atom stereocenters. The summed E-state index contributed by atoms with van der Waals surface area (Å²) in [7, 11) is 0. The zero-order valence-electron chi connectivity index (χ0n) is 17.4. The average molecular weight is 429 g/mol. The third kappa shape index (κ3) is 3.95. The molecule has 4 aromatic carbocycles. The predicted molar refractivity (Wildman–Crippen MR) is 126 cm³/mol. The van der Waals surface area contributed by atoms with Gasteiger partial charge in [-0.15, -0.1) is 0 Å². The molecule has 0 aliphatic rings. The first-order valence-electron chi connectivity index (χ1n) is 9.88. The summed E-state index contributed by atoms with van der Waals surface area (Å²) in [4.78, 5) is 7.90. The molecular weight excluding hydrogens is 413 g/mol. The summed E-state index contributed by atoms with van der Waals surface area (Å²) in [5.41, 5.74) is 1.12. The molecule has 156 valence electrons. The molecule has 0 saturated heterocycles. The first-order valence-corrected chi connectivity index (χ1v) is 9.88. The van der Waals surface area contributed by atoms with Crippen LogP contribution in [-0.2, 0) is 0 Å². The molecule has 6 nitrogen and oxygen atoms in total. The quantitative estimate of drug-likeness (QED) is 0.279. The number of aromatic hydroxyl groups is 2. The predicted octanol–water partition coefficient (Wildman–Crippen LogP) is 3.95. The number of rotatable bonds is 0. The Morgan fingerprint density at radius 2 is 0.848 bits per heavy atom. The fourth-order valence-electron chi connectivity index (χ4n) is 3.84. The third-order valence-corrected chi connectivity index (χ3v) is 5.31. The van der Waals surface area contributed by atoms with Crippen molar-refractivity contribution in [3.05, 3.63) is 84.9 Å². The topological polar surface area (TPSA) is 112 Å². The van der Waals surface area contributed by atoms with E-state index in [2.05, 4.69) is 9.97 Å². The Hall–Kier alpha value is -4.41. The van der Waals surface area contributed by atoms with E-state index in [4.69, 9.17) is 0 Å². The Balaban J connectivity index is 0.000000152. The van der Waals surface area contributed by atoms with Crippen LogP contribution in [-0.4, -0.2) is 30.3 Å². The van der Waals surface area contributed by atoms with Crippen LogP contribution in [0.25, 0.3) is 43.4 Å². The maximum Gasteiger partial charge on any atom is 2.00 e. The molecule has 0 bridgehead atoms. The number of phenolic OH excluding ortho intramolecular Hbond substituents is 2. The summed E-state index contributed by atoms with van der Waals surface area (Å²) < 4.78 is 0. The normalized spacial score (nSPS) is 10.7. The van der Waals surface area contributed by atoms with Crippen LogP contribution in [0.5, 0.6) is 23.3 Å². The number of benzene rings is 4. The first-order chi connectivity index (χ1) is 15.5. The zero-order valence-corrected chi connectivity index (χ0v) is 17.4.